The van der Waals surface area contributed by atoms with Gasteiger partial charge in [0.2, 0.25) is 5.95 Å². The molecule has 8 nitrogen and oxygen atoms in total. The monoisotopic (exact) mass is 310 g/mol. The van der Waals surface area contributed by atoms with Gasteiger partial charge in [0.1, 0.15) is 11.8 Å². The lowest BCUT2D eigenvalue weighted by molar-refractivity contribution is 0.377. The Labute approximate surface area is 124 Å². The van der Waals surface area contributed by atoms with Crippen LogP contribution in [-0.2, 0) is 10.2 Å². The minimum Gasteiger partial charge on any atom is -0.338 e. The van der Waals surface area contributed by atoms with Crippen molar-refractivity contribution in [3.63, 3.8) is 0 Å². The first-order chi connectivity index (χ1) is 9.96. The summed E-state index contributed by atoms with van der Waals surface area (Å²) in [6.45, 7) is 5.66. The van der Waals surface area contributed by atoms with Gasteiger partial charge < -0.3 is 4.90 Å². The van der Waals surface area contributed by atoms with Crippen LogP contribution in [0.25, 0.3) is 0 Å². The van der Waals surface area contributed by atoms with E-state index in [-0.39, 0.29) is 0 Å². The maximum Gasteiger partial charge on any atom is 0.279 e. The molecule has 0 bridgehead atoms. The number of nitrogens with one attached hydrogen (secondary N) is 1. The van der Waals surface area contributed by atoms with Crippen LogP contribution in [0, 0.1) is 18.3 Å². The van der Waals surface area contributed by atoms with E-state index in [4.69, 9.17) is 5.26 Å². The lowest BCUT2D eigenvalue weighted by atomic mass is 10.3. The summed E-state index contributed by atoms with van der Waals surface area (Å²) in [6, 6.07) is 3.62. The van der Waals surface area contributed by atoms with Crippen molar-refractivity contribution in [1.82, 2.24) is 19.0 Å². The molecule has 0 saturated carbocycles. The molecule has 1 fully saturated rings. The van der Waals surface area contributed by atoms with Gasteiger partial charge in [-0.3, -0.25) is 0 Å². The molecule has 0 amide bonds. The van der Waals surface area contributed by atoms with Crippen molar-refractivity contribution in [2.24, 2.45) is 0 Å². The van der Waals surface area contributed by atoms with Gasteiger partial charge in [-0.05, 0) is 13.0 Å². The first-order valence-electron chi connectivity index (χ1n) is 6.71. The van der Waals surface area contributed by atoms with Gasteiger partial charge in [-0.25, -0.2) is 14.7 Å². The Morgan fingerprint density at radius 1 is 1.33 bits per heavy atom. The molecule has 0 unspecified atom stereocenters. The Balaban J connectivity index is 2.08. The quantitative estimate of drug-likeness (QED) is 0.814. The zero-order valence-electron chi connectivity index (χ0n) is 12.1. The second-order valence-corrected chi connectivity index (χ2v) is 6.45. The Morgan fingerprint density at radius 2 is 2.00 bits per heavy atom. The summed E-state index contributed by atoms with van der Waals surface area (Å²) < 4.78 is 27.7. The number of nitriles is 1. The SMILES string of the molecule is CCNS(=O)(=O)N1CCN(c2nc(C)cc(C#N)n2)CC1. The van der Waals surface area contributed by atoms with Crippen molar-refractivity contribution < 1.29 is 8.42 Å². The Bertz CT molecular complexity index is 646. The van der Waals surface area contributed by atoms with E-state index in [9.17, 15) is 8.42 Å². The topological polar surface area (TPSA) is 102 Å². The molecule has 114 valence electrons. The fourth-order valence-corrected chi connectivity index (χ4v) is 3.35. The van der Waals surface area contributed by atoms with Crippen LogP contribution in [0.2, 0.25) is 0 Å². The van der Waals surface area contributed by atoms with E-state index in [2.05, 4.69) is 14.7 Å². The van der Waals surface area contributed by atoms with Gasteiger partial charge in [-0.2, -0.15) is 18.0 Å². The molecule has 1 aliphatic rings. The number of piperazine rings is 1. The molecule has 0 aliphatic carbocycles. The van der Waals surface area contributed by atoms with Crippen LogP contribution >= 0.6 is 0 Å². The molecule has 1 aromatic heterocycles. The molecule has 2 heterocycles. The van der Waals surface area contributed by atoms with E-state index >= 15 is 0 Å². The fraction of sp³-hybridized carbons (Fsp3) is 0.583. The standard InChI is InChI=1S/C12H18N6O2S/c1-3-14-21(19,20)18-6-4-17(5-7-18)12-15-10(2)8-11(9-13)16-12/h8,14H,3-7H2,1-2H3. The van der Waals surface area contributed by atoms with E-state index < -0.39 is 10.2 Å². The minimum atomic E-state index is -3.40. The normalized spacial score (nSPS) is 16.7. The van der Waals surface area contributed by atoms with Crippen molar-refractivity contribution in [3.05, 3.63) is 17.5 Å². The van der Waals surface area contributed by atoms with Gasteiger partial charge in [0.15, 0.2) is 0 Å². The Kier molecular flexibility index (Phi) is 4.72. The van der Waals surface area contributed by atoms with Crippen LogP contribution in [-0.4, -0.2) is 55.4 Å². The van der Waals surface area contributed by atoms with E-state index in [0.717, 1.165) is 5.69 Å². The van der Waals surface area contributed by atoms with Gasteiger partial charge >= 0.3 is 0 Å². The Morgan fingerprint density at radius 3 is 2.57 bits per heavy atom. The molecule has 1 aromatic rings. The highest BCUT2D eigenvalue weighted by molar-refractivity contribution is 7.87. The molecule has 2 rings (SSSR count). The number of aromatic nitrogens is 2. The number of nitrogens with zero attached hydrogens (tertiary/aromatic N) is 5. The second-order valence-electron chi connectivity index (χ2n) is 4.70. The zero-order chi connectivity index (χ0) is 15.5. The summed E-state index contributed by atoms with van der Waals surface area (Å²) in [5, 5.41) is 8.94. The van der Waals surface area contributed by atoms with Crippen LogP contribution in [0.5, 0.6) is 0 Å². The molecular formula is C12H18N6O2S. The maximum atomic E-state index is 11.9. The summed E-state index contributed by atoms with van der Waals surface area (Å²) >= 11 is 0. The van der Waals surface area contributed by atoms with Gasteiger partial charge in [-0.1, -0.05) is 6.92 Å². The molecule has 21 heavy (non-hydrogen) atoms. The lowest BCUT2D eigenvalue weighted by Crippen LogP contribution is -2.52. The summed E-state index contributed by atoms with van der Waals surface area (Å²) in [5.74, 6) is 0.479. The predicted octanol–water partition coefficient (Wildman–Crippen LogP) is -0.367. The molecular weight excluding hydrogens is 292 g/mol. The summed E-state index contributed by atoms with van der Waals surface area (Å²) in [7, 11) is -3.40. The first kappa shape index (κ1) is 15.6. The zero-order valence-corrected chi connectivity index (χ0v) is 12.9. The van der Waals surface area contributed by atoms with Crippen LogP contribution in [0.4, 0.5) is 5.95 Å². The van der Waals surface area contributed by atoms with Crippen molar-refractivity contribution in [2.45, 2.75) is 13.8 Å². The molecule has 1 aliphatic heterocycles. The van der Waals surface area contributed by atoms with E-state index in [1.807, 2.05) is 11.0 Å². The van der Waals surface area contributed by atoms with Crippen molar-refractivity contribution >= 4 is 16.2 Å². The van der Waals surface area contributed by atoms with Crippen LogP contribution < -0.4 is 9.62 Å². The highest BCUT2D eigenvalue weighted by Gasteiger charge is 2.27. The van der Waals surface area contributed by atoms with Gasteiger partial charge in [0, 0.05) is 38.4 Å². The largest absolute Gasteiger partial charge is 0.338 e. The third-order valence-corrected chi connectivity index (χ3v) is 4.84. The summed E-state index contributed by atoms with van der Waals surface area (Å²) in [4.78, 5) is 10.4. The number of rotatable bonds is 4. The number of aryl methyl sites for hydroxylation is 1. The minimum absolute atomic E-state index is 0.320. The third kappa shape index (κ3) is 3.66. The van der Waals surface area contributed by atoms with Crippen molar-refractivity contribution in [2.75, 3.05) is 37.6 Å². The van der Waals surface area contributed by atoms with Gasteiger partial charge in [0.25, 0.3) is 10.2 Å². The average Bonchev–Trinajstić information content (AvgIpc) is 2.46. The van der Waals surface area contributed by atoms with E-state index in [0.29, 0.717) is 44.4 Å². The highest BCUT2D eigenvalue weighted by atomic mass is 32.2. The molecule has 0 aromatic carbocycles. The first-order valence-corrected chi connectivity index (χ1v) is 8.15. The van der Waals surface area contributed by atoms with E-state index in [1.54, 1.807) is 19.9 Å². The van der Waals surface area contributed by atoms with Crippen molar-refractivity contribution in [3.8, 4) is 6.07 Å². The smallest absolute Gasteiger partial charge is 0.279 e. The van der Waals surface area contributed by atoms with Crippen LogP contribution in [0.1, 0.15) is 18.3 Å². The predicted molar refractivity (Wildman–Crippen MR) is 77.9 cm³/mol. The highest BCUT2D eigenvalue weighted by Crippen LogP contribution is 2.14. The fourth-order valence-electron chi connectivity index (χ4n) is 2.15. The molecule has 0 radical (unpaired) electrons. The maximum absolute atomic E-state index is 11.9. The van der Waals surface area contributed by atoms with Crippen LogP contribution in [0.3, 0.4) is 0 Å². The van der Waals surface area contributed by atoms with Gasteiger partial charge in [-0.15, -0.1) is 0 Å². The Hall–Kier alpha value is -1.76. The van der Waals surface area contributed by atoms with Crippen molar-refractivity contribution in [1.29, 1.82) is 5.26 Å². The summed E-state index contributed by atoms with van der Waals surface area (Å²) in [5.41, 5.74) is 1.04. The molecule has 0 spiro atoms. The molecule has 1 N–H and O–H groups in total. The average molecular weight is 310 g/mol. The molecule has 0 atom stereocenters. The number of anilines is 1. The third-order valence-electron chi connectivity index (χ3n) is 3.15. The van der Waals surface area contributed by atoms with Gasteiger partial charge in [0.05, 0.1) is 0 Å². The van der Waals surface area contributed by atoms with E-state index in [1.165, 1.54) is 4.31 Å². The molecule has 1 saturated heterocycles. The second kappa shape index (κ2) is 6.34. The van der Waals surface area contributed by atoms with Crippen LogP contribution in [0.15, 0.2) is 6.07 Å². The molecule has 9 heteroatoms. The number of hydrogen-bond donors (Lipinski definition) is 1. The number of hydrogen-bond acceptors (Lipinski definition) is 6. The lowest BCUT2D eigenvalue weighted by Gasteiger charge is -2.33. The summed E-state index contributed by atoms with van der Waals surface area (Å²) in [6.07, 6.45) is 0.